The first kappa shape index (κ1) is 13.7. The SMILES string of the molecule is CNC(CCc1ccncc1)c1cncc2ccccc12. The topological polar surface area (TPSA) is 37.8 Å². The van der Waals surface area contributed by atoms with E-state index in [2.05, 4.69) is 51.7 Å². The van der Waals surface area contributed by atoms with Crippen molar-refractivity contribution >= 4 is 10.8 Å². The molecule has 0 amide bonds. The molecule has 3 heteroatoms. The van der Waals surface area contributed by atoms with Crippen LogP contribution in [0.4, 0.5) is 0 Å². The zero-order chi connectivity index (χ0) is 14.5. The Morgan fingerprint density at radius 3 is 2.62 bits per heavy atom. The quantitative estimate of drug-likeness (QED) is 0.775. The molecule has 0 aliphatic rings. The van der Waals surface area contributed by atoms with E-state index in [9.17, 15) is 0 Å². The van der Waals surface area contributed by atoms with Crippen LogP contribution in [0, 0.1) is 0 Å². The molecular weight excluding hydrogens is 258 g/mol. The number of aromatic nitrogens is 2. The van der Waals surface area contributed by atoms with Crippen LogP contribution in [0.25, 0.3) is 10.8 Å². The standard InChI is InChI=1S/C18H19N3/c1-19-18(7-6-14-8-10-20-11-9-14)17-13-21-12-15-4-2-3-5-16(15)17/h2-5,8-13,18-19H,6-7H2,1H3. The number of aryl methyl sites for hydroxylation is 1. The summed E-state index contributed by atoms with van der Waals surface area (Å²) >= 11 is 0. The van der Waals surface area contributed by atoms with Crippen molar-refractivity contribution in [2.75, 3.05) is 7.05 Å². The smallest absolute Gasteiger partial charge is 0.0346 e. The number of hydrogen-bond donors (Lipinski definition) is 1. The molecule has 1 N–H and O–H groups in total. The average molecular weight is 277 g/mol. The van der Waals surface area contributed by atoms with Gasteiger partial charge >= 0.3 is 0 Å². The summed E-state index contributed by atoms with van der Waals surface area (Å²) in [4.78, 5) is 8.45. The Kier molecular flexibility index (Phi) is 4.22. The first-order valence-electron chi connectivity index (χ1n) is 7.27. The van der Waals surface area contributed by atoms with Crippen LogP contribution in [-0.4, -0.2) is 17.0 Å². The summed E-state index contributed by atoms with van der Waals surface area (Å²) in [5.41, 5.74) is 2.59. The highest BCUT2D eigenvalue weighted by Crippen LogP contribution is 2.26. The van der Waals surface area contributed by atoms with Gasteiger partial charge in [0.15, 0.2) is 0 Å². The summed E-state index contributed by atoms with van der Waals surface area (Å²) in [7, 11) is 2.01. The first-order chi connectivity index (χ1) is 10.4. The number of fused-ring (bicyclic) bond motifs is 1. The predicted molar refractivity (Wildman–Crippen MR) is 86.1 cm³/mol. The zero-order valence-corrected chi connectivity index (χ0v) is 12.2. The van der Waals surface area contributed by atoms with Crippen LogP contribution in [-0.2, 0) is 6.42 Å². The highest BCUT2D eigenvalue weighted by molar-refractivity contribution is 5.85. The molecule has 3 aromatic rings. The van der Waals surface area contributed by atoms with E-state index in [-0.39, 0.29) is 0 Å². The lowest BCUT2D eigenvalue weighted by Crippen LogP contribution is -2.17. The van der Waals surface area contributed by atoms with E-state index in [1.54, 1.807) is 0 Å². The monoisotopic (exact) mass is 277 g/mol. The maximum absolute atomic E-state index is 4.39. The molecule has 1 atom stereocenters. The molecule has 0 radical (unpaired) electrons. The van der Waals surface area contributed by atoms with Gasteiger partial charge in [0.05, 0.1) is 0 Å². The molecule has 21 heavy (non-hydrogen) atoms. The molecule has 3 rings (SSSR count). The van der Waals surface area contributed by atoms with Crippen molar-refractivity contribution in [2.24, 2.45) is 0 Å². The summed E-state index contributed by atoms with van der Waals surface area (Å²) in [6.07, 6.45) is 9.67. The molecule has 0 aliphatic carbocycles. The van der Waals surface area contributed by atoms with Gasteiger partial charge in [-0.2, -0.15) is 0 Å². The highest BCUT2D eigenvalue weighted by atomic mass is 14.9. The van der Waals surface area contributed by atoms with Gasteiger partial charge < -0.3 is 5.32 Å². The first-order valence-corrected chi connectivity index (χ1v) is 7.27. The fourth-order valence-corrected chi connectivity index (χ4v) is 2.73. The lowest BCUT2D eigenvalue weighted by Gasteiger charge is -2.18. The van der Waals surface area contributed by atoms with Crippen molar-refractivity contribution < 1.29 is 0 Å². The van der Waals surface area contributed by atoms with Gasteiger partial charge in [0.1, 0.15) is 0 Å². The summed E-state index contributed by atoms with van der Waals surface area (Å²) in [5.74, 6) is 0. The number of nitrogens with zero attached hydrogens (tertiary/aromatic N) is 2. The third-order valence-corrected chi connectivity index (χ3v) is 3.89. The van der Waals surface area contributed by atoms with Crippen LogP contribution < -0.4 is 5.32 Å². The van der Waals surface area contributed by atoms with Gasteiger partial charge in [-0.3, -0.25) is 9.97 Å². The fraction of sp³-hybridized carbons (Fsp3) is 0.222. The Balaban J connectivity index is 1.85. The van der Waals surface area contributed by atoms with Gasteiger partial charge in [-0.05, 0) is 48.5 Å². The second kappa shape index (κ2) is 6.46. The van der Waals surface area contributed by atoms with Gasteiger partial charge in [0.25, 0.3) is 0 Å². The largest absolute Gasteiger partial charge is 0.313 e. The van der Waals surface area contributed by atoms with Gasteiger partial charge in [-0.25, -0.2) is 0 Å². The van der Waals surface area contributed by atoms with Gasteiger partial charge in [-0.15, -0.1) is 0 Å². The molecule has 0 aliphatic heterocycles. The zero-order valence-electron chi connectivity index (χ0n) is 12.2. The van der Waals surface area contributed by atoms with Crippen molar-refractivity contribution in [3.8, 4) is 0 Å². The average Bonchev–Trinajstić information content (AvgIpc) is 2.56. The number of benzene rings is 1. The third kappa shape index (κ3) is 3.09. The second-order valence-electron chi connectivity index (χ2n) is 5.19. The Labute approximate surface area is 125 Å². The number of rotatable bonds is 5. The molecule has 3 nitrogen and oxygen atoms in total. The molecule has 0 fully saturated rings. The van der Waals surface area contributed by atoms with Crippen molar-refractivity contribution in [1.29, 1.82) is 0 Å². The van der Waals surface area contributed by atoms with E-state index in [4.69, 9.17) is 0 Å². The minimum atomic E-state index is 0.303. The summed E-state index contributed by atoms with van der Waals surface area (Å²) in [6, 6.07) is 12.9. The van der Waals surface area contributed by atoms with Crippen molar-refractivity contribution in [3.63, 3.8) is 0 Å². The Morgan fingerprint density at radius 2 is 1.81 bits per heavy atom. The lowest BCUT2D eigenvalue weighted by molar-refractivity contribution is 0.551. The predicted octanol–water partition coefficient (Wildman–Crippen LogP) is 3.52. The maximum atomic E-state index is 4.39. The molecule has 0 bridgehead atoms. The number of nitrogens with one attached hydrogen (secondary N) is 1. The summed E-state index contributed by atoms with van der Waals surface area (Å²) in [6.45, 7) is 0. The van der Waals surface area contributed by atoms with E-state index < -0.39 is 0 Å². The van der Waals surface area contributed by atoms with Crippen LogP contribution in [0.5, 0.6) is 0 Å². The van der Waals surface area contributed by atoms with Crippen LogP contribution in [0.1, 0.15) is 23.6 Å². The normalized spacial score (nSPS) is 12.4. The second-order valence-corrected chi connectivity index (χ2v) is 5.19. The van der Waals surface area contributed by atoms with Crippen LogP contribution in [0.2, 0.25) is 0 Å². The molecule has 1 aromatic carbocycles. The molecule has 106 valence electrons. The summed E-state index contributed by atoms with van der Waals surface area (Å²) < 4.78 is 0. The number of hydrogen-bond acceptors (Lipinski definition) is 3. The van der Waals surface area contributed by atoms with Crippen molar-refractivity contribution in [1.82, 2.24) is 15.3 Å². The molecule has 2 aromatic heterocycles. The minimum Gasteiger partial charge on any atom is -0.313 e. The maximum Gasteiger partial charge on any atom is 0.0346 e. The molecule has 1 unspecified atom stereocenters. The molecule has 0 saturated heterocycles. The molecule has 2 heterocycles. The van der Waals surface area contributed by atoms with Crippen molar-refractivity contribution in [3.05, 3.63) is 72.3 Å². The third-order valence-electron chi connectivity index (χ3n) is 3.89. The Bertz CT molecular complexity index is 704. The Hall–Kier alpha value is -2.26. The van der Waals surface area contributed by atoms with Gasteiger partial charge in [0.2, 0.25) is 0 Å². The summed E-state index contributed by atoms with van der Waals surface area (Å²) in [5, 5.41) is 5.90. The number of pyridine rings is 2. The minimum absolute atomic E-state index is 0.303. The molecule has 0 saturated carbocycles. The van der Waals surface area contributed by atoms with E-state index in [1.165, 1.54) is 21.9 Å². The molecular formula is C18H19N3. The fourth-order valence-electron chi connectivity index (χ4n) is 2.73. The van der Waals surface area contributed by atoms with Crippen molar-refractivity contribution in [2.45, 2.75) is 18.9 Å². The Morgan fingerprint density at radius 1 is 1.00 bits per heavy atom. The van der Waals surface area contributed by atoms with Crippen LogP contribution in [0.3, 0.4) is 0 Å². The highest BCUT2D eigenvalue weighted by Gasteiger charge is 2.12. The van der Waals surface area contributed by atoms with E-state index >= 15 is 0 Å². The molecule has 0 spiro atoms. The van der Waals surface area contributed by atoms with Gasteiger partial charge in [-0.1, -0.05) is 24.3 Å². The van der Waals surface area contributed by atoms with Gasteiger partial charge in [0, 0.05) is 36.2 Å². The van der Waals surface area contributed by atoms with E-state index in [1.807, 2.05) is 31.8 Å². The van der Waals surface area contributed by atoms with E-state index in [0.717, 1.165) is 12.8 Å². The van der Waals surface area contributed by atoms with E-state index in [0.29, 0.717) is 6.04 Å². The van der Waals surface area contributed by atoms with Crippen LogP contribution in [0.15, 0.2) is 61.2 Å². The lowest BCUT2D eigenvalue weighted by atomic mass is 9.96. The van der Waals surface area contributed by atoms with Crippen LogP contribution >= 0.6 is 0 Å².